The number of benzene rings is 2. The van der Waals surface area contributed by atoms with Gasteiger partial charge in [0.15, 0.2) is 5.78 Å². The van der Waals surface area contributed by atoms with Gasteiger partial charge in [0, 0.05) is 17.3 Å². The van der Waals surface area contributed by atoms with E-state index in [2.05, 4.69) is 11.2 Å². The monoisotopic (exact) mass is 329 g/mol. The van der Waals surface area contributed by atoms with Crippen LogP contribution in [0, 0.1) is 12.3 Å². The van der Waals surface area contributed by atoms with Crippen molar-refractivity contribution in [2.75, 3.05) is 0 Å². The van der Waals surface area contributed by atoms with Crippen molar-refractivity contribution in [2.24, 2.45) is 0 Å². The Morgan fingerprint density at radius 2 is 1.48 bits per heavy atom. The van der Waals surface area contributed by atoms with Crippen LogP contribution in [0.5, 0.6) is 0 Å². The fraction of sp³-hybridized carbons (Fsp3) is 0.261. The molecule has 2 heteroatoms. The lowest BCUT2D eigenvalue weighted by Gasteiger charge is -2.35. The average molecular weight is 329 g/mol. The van der Waals surface area contributed by atoms with Gasteiger partial charge in [0.25, 0.3) is 0 Å². The quantitative estimate of drug-likeness (QED) is 0.483. The lowest BCUT2D eigenvalue weighted by molar-refractivity contribution is 0.104. The summed E-state index contributed by atoms with van der Waals surface area (Å²) in [4.78, 5) is 12.7. The molecule has 0 heterocycles. The van der Waals surface area contributed by atoms with E-state index in [0.717, 1.165) is 36.9 Å². The van der Waals surface area contributed by atoms with Gasteiger partial charge in [-0.15, -0.1) is 6.42 Å². The zero-order chi connectivity index (χ0) is 17.5. The predicted octanol–water partition coefficient (Wildman–Crippen LogP) is 4.84. The first kappa shape index (κ1) is 17.0. The molecule has 1 N–H and O–H groups in total. The molecule has 1 aliphatic rings. The third kappa shape index (κ3) is 4.19. The molecule has 2 nitrogen and oxygen atoms in total. The summed E-state index contributed by atoms with van der Waals surface area (Å²) in [6, 6.07) is 19.3. The van der Waals surface area contributed by atoms with Crippen LogP contribution in [0.2, 0.25) is 0 Å². The van der Waals surface area contributed by atoms with Crippen LogP contribution in [0.4, 0.5) is 0 Å². The van der Waals surface area contributed by atoms with Crippen LogP contribution in [0.1, 0.15) is 48.0 Å². The van der Waals surface area contributed by atoms with Crippen molar-refractivity contribution in [3.8, 4) is 12.3 Å². The molecule has 25 heavy (non-hydrogen) atoms. The molecule has 0 aliphatic heterocycles. The first-order valence-electron chi connectivity index (χ1n) is 8.85. The molecule has 126 valence electrons. The van der Waals surface area contributed by atoms with E-state index in [1.54, 1.807) is 6.08 Å². The molecule has 3 rings (SSSR count). The van der Waals surface area contributed by atoms with Gasteiger partial charge in [-0.25, -0.2) is 0 Å². The standard InChI is InChI=1S/C23H23NO/c1-2-23(16-10-5-11-17-23)24-21(19-12-6-3-7-13-19)18-22(25)20-14-8-4-9-15-20/h1,3-4,6-9,12-15,18,24H,5,10-11,16-17H2/b21-18-. The summed E-state index contributed by atoms with van der Waals surface area (Å²) >= 11 is 0. The SMILES string of the molecule is C#CC1(N/C(=C\C(=O)c2ccccc2)c2ccccc2)CCCCC1. The Morgan fingerprint density at radius 3 is 2.04 bits per heavy atom. The number of terminal acetylenes is 1. The van der Waals surface area contributed by atoms with Crippen LogP contribution < -0.4 is 5.32 Å². The molecule has 0 unspecified atom stereocenters. The van der Waals surface area contributed by atoms with Gasteiger partial charge < -0.3 is 5.32 Å². The highest BCUT2D eigenvalue weighted by Crippen LogP contribution is 2.30. The fourth-order valence-electron chi connectivity index (χ4n) is 3.34. The molecule has 0 radical (unpaired) electrons. The second-order valence-corrected chi connectivity index (χ2v) is 6.57. The molecule has 2 aromatic rings. The maximum Gasteiger partial charge on any atom is 0.187 e. The van der Waals surface area contributed by atoms with Gasteiger partial charge in [0.05, 0.1) is 5.54 Å². The number of hydrogen-bond donors (Lipinski definition) is 1. The lowest BCUT2D eigenvalue weighted by atomic mass is 9.82. The summed E-state index contributed by atoms with van der Waals surface area (Å²) in [5.74, 6) is 2.95. The maximum absolute atomic E-state index is 12.7. The van der Waals surface area contributed by atoms with Gasteiger partial charge in [-0.05, 0) is 18.4 Å². The Morgan fingerprint density at radius 1 is 0.920 bits per heavy atom. The van der Waals surface area contributed by atoms with Gasteiger partial charge in [-0.1, -0.05) is 85.8 Å². The molecule has 1 saturated carbocycles. The smallest absolute Gasteiger partial charge is 0.187 e. The Hall–Kier alpha value is -2.79. The number of ketones is 1. The summed E-state index contributed by atoms with van der Waals surface area (Å²) < 4.78 is 0. The van der Waals surface area contributed by atoms with Crippen molar-refractivity contribution in [3.05, 3.63) is 77.9 Å². The average Bonchev–Trinajstić information content (AvgIpc) is 2.69. The first-order valence-corrected chi connectivity index (χ1v) is 8.85. The molecule has 0 spiro atoms. The zero-order valence-electron chi connectivity index (χ0n) is 14.4. The van der Waals surface area contributed by atoms with Gasteiger partial charge in [-0.3, -0.25) is 4.79 Å². The van der Waals surface area contributed by atoms with Crippen LogP contribution in [-0.2, 0) is 0 Å². The minimum absolute atomic E-state index is 0.0186. The molecule has 2 aromatic carbocycles. The molecule has 1 aliphatic carbocycles. The molecular formula is C23H23NO. The van der Waals surface area contributed by atoms with Crippen LogP contribution >= 0.6 is 0 Å². The summed E-state index contributed by atoms with van der Waals surface area (Å²) in [6.45, 7) is 0. The molecule has 0 bridgehead atoms. The van der Waals surface area contributed by atoms with E-state index < -0.39 is 0 Å². The van der Waals surface area contributed by atoms with E-state index >= 15 is 0 Å². The Kier molecular flexibility index (Phi) is 5.36. The molecule has 0 amide bonds. The number of carbonyl (C=O) groups is 1. The van der Waals surface area contributed by atoms with Gasteiger partial charge in [0.2, 0.25) is 0 Å². The van der Waals surface area contributed by atoms with E-state index in [9.17, 15) is 4.79 Å². The topological polar surface area (TPSA) is 29.1 Å². The Labute approximate surface area is 150 Å². The van der Waals surface area contributed by atoms with E-state index in [0.29, 0.717) is 5.56 Å². The minimum Gasteiger partial charge on any atom is -0.368 e. The lowest BCUT2D eigenvalue weighted by Crippen LogP contribution is -2.44. The van der Waals surface area contributed by atoms with Crippen molar-refractivity contribution in [1.82, 2.24) is 5.32 Å². The first-order chi connectivity index (χ1) is 12.2. The number of hydrogen-bond acceptors (Lipinski definition) is 2. The third-order valence-corrected chi connectivity index (χ3v) is 4.78. The van der Waals surface area contributed by atoms with Crippen LogP contribution in [-0.4, -0.2) is 11.3 Å². The van der Waals surface area contributed by atoms with Crippen molar-refractivity contribution >= 4 is 11.5 Å². The minimum atomic E-state index is -0.364. The summed E-state index contributed by atoms with van der Waals surface area (Å²) in [5.41, 5.74) is 2.09. The Bertz CT molecular complexity index is 778. The summed E-state index contributed by atoms with van der Waals surface area (Å²) in [5, 5.41) is 3.54. The van der Waals surface area contributed by atoms with Crippen LogP contribution in [0.15, 0.2) is 66.7 Å². The second-order valence-electron chi connectivity index (χ2n) is 6.57. The normalized spacial score (nSPS) is 16.7. The highest BCUT2D eigenvalue weighted by atomic mass is 16.1. The van der Waals surface area contributed by atoms with Gasteiger partial charge in [-0.2, -0.15) is 0 Å². The predicted molar refractivity (Wildman–Crippen MR) is 103 cm³/mol. The molecule has 0 aromatic heterocycles. The number of allylic oxidation sites excluding steroid dienone is 1. The second kappa shape index (κ2) is 7.85. The third-order valence-electron chi connectivity index (χ3n) is 4.78. The largest absolute Gasteiger partial charge is 0.368 e. The fourth-order valence-corrected chi connectivity index (χ4v) is 3.34. The summed E-state index contributed by atoms with van der Waals surface area (Å²) in [6.07, 6.45) is 12.9. The molecule has 1 fully saturated rings. The van der Waals surface area contributed by atoms with E-state index in [1.807, 2.05) is 60.7 Å². The number of nitrogens with one attached hydrogen (secondary N) is 1. The van der Waals surface area contributed by atoms with E-state index in [-0.39, 0.29) is 11.3 Å². The van der Waals surface area contributed by atoms with E-state index in [4.69, 9.17) is 6.42 Å². The number of rotatable bonds is 5. The van der Waals surface area contributed by atoms with Crippen LogP contribution in [0.25, 0.3) is 5.70 Å². The highest BCUT2D eigenvalue weighted by molar-refractivity contribution is 6.08. The Balaban J connectivity index is 1.94. The molecule has 0 saturated heterocycles. The maximum atomic E-state index is 12.7. The van der Waals surface area contributed by atoms with Crippen molar-refractivity contribution in [1.29, 1.82) is 0 Å². The van der Waals surface area contributed by atoms with E-state index in [1.165, 1.54) is 6.42 Å². The molecule has 0 atom stereocenters. The van der Waals surface area contributed by atoms with Gasteiger partial charge in [0.1, 0.15) is 0 Å². The van der Waals surface area contributed by atoms with Crippen LogP contribution in [0.3, 0.4) is 0 Å². The van der Waals surface area contributed by atoms with Crippen molar-refractivity contribution in [3.63, 3.8) is 0 Å². The highest BCUT2D eigenvalue weighted by Gasteiger charge is 2.30. The number of carbonyl (C=O) groups excluding carboxylic acids is 1. The zero-order valence-corrected chi connectivity index (χ0v) is 14.4. The summed E-state index contributed by atoms with van der Waals surface area (Å²) in [7, 11) is 0. The van der Waals surface area contributed by atoms with Gasteiger partial charge >= 0.3 is 0 Å². The van der Waals surface area contributed by atoms with Crippen molar-refractivity contribution in [2.45, 2.75) is 37.6 Å². The van der Waals surface area contributed by atoms with Crippen molar-refractivity contribution < 1.29 is 4.79 Å². The molecular weight excluding hydrogens is 306 g/mol.